The summed E-state index contributed by atoms with van der Waals surface area (Å²) < 4.78 is 5.27. The van der Waals surface area contributed by atoms with Crippen molar-refractivity contribution in [2.45, 2.75) is 32.7 Å². The van der Waals surface area contributed by atoms with Crippen LogP contribution in [0.2, 0.25) is 5.02 Å². The van der Waals surface area contributed by atoms with Gasteiger partial charge in [0.15, 0.2) is 0 Å². The maximum Gasteiger partial charge on any atom is 0.252 e. The highest BCUT2D eigenvalue weighted by Gasteiger charge is 2.38. The van der Waals surface area contributed by atoms with Crippen LogP contribution in [-0.2, 0) is 9.59 Å². The Morgan fingerprint density at radius 3 is 2.76 bits per heavy atom. The molecule has 1 aliphatic heterocycles. The molecule has 0 bridgehead atoms. The lowest BCUT2D eigenvalue weighted by Gasteiger charge is -2.17. The molecule has 1 fully saturated rings. The Morgan fingerprint density at radius 1 is 1.43 bits per heavy atom. The molecule has 1 unspecified atom stereocenters. The number of imide groups is 1. The first-order chi connectivity index (χ1) is 9.97. The lowest BCUT2D eigenvalue weighted by molar-refractivity contribution is -0.138. The van der Waals surface area contributed by atoms with Crippen LogP contribution in [0.25, 0.3) is 0 Å². The molecule has 6 heteroatoms. The van der Waals surface area contributed by atoms with E-state index in [0.717, 1.165) is 12.0 Å². The fourth-order valence-corrected chi connectivity index (χ4v) is 2.54. The maximum atomic E-state index is 12.2. The van der Waals surface area contributed by atoms with E-state index in [1.165, 1.54) is 12.0 Å². The van der Waals surface area contributed by atoms with Gasteiger partial charge in [-0.05, 0) is 25.0 Å². The van der Waals surface area contributed by atoms with E-state index in [0.29, 0.717) is 23.0 Å². The molecular weight excluding hydrogens is 292 g/mol. The molecule has 0 saturated carbocycles. The molecule has 0 aliphatic carbocycles. The molecule has 1 N–H and O–H groups in total. The Bertz CT molecular complexity index is 574. The van der Waals surface area contributed by atoms with Crippen molar-refractivity contribution in [3.05, 3.63) is 22.7 Å². The average molecular weight is 311 g/mol. The Morgan fingerprint density at radius 2 is 2.14 bits per heavy atom. The predicted molar refractivity (Wildman–Crippen MR) is 81.8 cm³/mol. The summed E-state index contributed by atoms with van der Waals surface area (Å²) >= 11 is 6.06. The molecule has 2 rings (SSSR count). The largest absolute Gasteiger partial charge is 0.495 e. The summed E-state index contributed by atoms with van der Waals surface area (Å²) in [6.45, 7) is 4.28. The van der Waals surface area contributed by atoms with E-state index in [4.69, 9.17) is 16.3 Å². The first-order valence-corrected chi connectivity index (χ1v) is 7.30. The van der Waals surface area contributed by atoms with Gasteiger partial charge in [0, 0.05) is 17.6 Å². The molecule has 2 amide bonds. The van der Waals surface area contributed by atoms with Crippen LogP contribution in [0.4, 0.5) is 5.69 Å². The first-order valence-electron chi connectivity index (χ1n) is 6.92. The smallest absolute Gasteiger partial charge is 0.252 e. The van der Waals surface area contributed by atoms with Crippen molar-refractivity contribution in [3.63, 3.8) is 0 Å². The summed E-state index contributed by atoms with van der Waals surface area (Å²) in [5, 5.41) is 3.70. The minimum Gasteiger partial charge on any atom is -0.495 e. The number of methoxy groups -OCH3 is 1. The average Bonchev–Trinajstić information content (AvgIpc) is 2.70. The molecule has 1 saturated heterocycles. The fourth-order valence-electron chi connectivity index (χ4n) is 2.39. The standard InChI is InChI=1S/C15H19ClN2O3/c1-4-5-18-14(19)8-12(15(18)20)17-11-6-9(2)10(16)7-13(11)21-3/h6-7,12,17H,4-5,8H2,1-3H3. The van der Waals surface area contributed by atoms with Gasteiger partial charge >= 0.3 is 0 Å². The van der Waals surface area contributed by atoms with Crippen LogP contribution in [0, 0.1) is 6.92 Å². The minimum absolute atomic E-state index is 0.135. The van der Waals surface area contributed by atoms with Crippen molar-refractivity contribution in [1.82, 2.24) is 4.90 Å². The van der Waals surface area contributed by atoms with Crippen LogP contribution < -0.4 is 10.1 Å². The second-order valence-electron chi connectivity index (χ2n) is 5.09. The number of amides is 2. The van der Waals surface area contributed by atoms with Crippen LogP contribution in [0.1, 0.15) is 25.3 Å². The van der Waals surface area contributed by atoms with Crippen LogP contribution in [0.5, 0.6) is 5.75 Å². The highest BCUT2D eigenvalue weighted by atomic mass is 35.5. The number of carbonyl (C=O) groups excluding carboxylic acids is 2. The zero-order valence-electron chi connectivity index (χ0n) is 12.4. The Labute approximate surface area is 129 Å². The lowest BCUT2D eigenvalue weighted by atomic mass is 10.1. The Hall–Kier alpha value is -1.75. The van der Waals surface area contributed by atoms with Crippen LogP contribution in [0.3, 0.4) is 0 Å². The molecule has 1 aromatic rings. The van der Waals surface area contributed by atoms with Gasteiger partial charge in [0.2, 0.25) is 5.91 Å². The van der Waals surface area contributed by atoms with E-state index >= 15 is 0 Å². The van der Waals surface area contributed by atoms with Gasteiger partial charge in [0.1, 0.15) is 11.8 Å². The molecule has 114 valence electrons. The quantitative estimate of drug-likeness (QED) is 0.849. The van der Waals surface area contributed by atoms with E-state index in [1.807, 2.05) is 19.9 Å². The number of aryl methyl sites for hydroxylation is 1. The van der Waals surface area contributed by atoms with Gasteiger partial charge in [-0.3, -0.25) is 14.5 Å². The zero-order valence-corrected chi connectivity index (χ0v) is 13.2. The second-order valence-corrected chi connectivity index (χ2v) is 5.49. The maximum absolute atomic E-state index is 12.2. The molecule has 1 heterocycles. The summed E-state index contributed by atoms with van der Waals surface area (Å²) in [4.78, 5) is 25.4. The topological polar surface area (TPSA) is 58.6 Å². The Balaban J connectivity index is 2.21. The molecule has 0 radical (unpaired) electrons. The monoisotopic (exact) mass is 310 g/mol. The second kappa shape index (κ2) is 6.35. The number of carbonyl (C=O) groups is 2. The molecule has 5 nitrogen and oxygen atoms in total. The number of rotatable bonds is 5. The van der Waals surface area contributed by atoms with Gasteiger partial charge in [0.05, 0.1) is 19.2 Å². The van der Waals surface area contributed by atoms with Crippen molar-refractivity contribution in [2.75, 3.05) is 19.0 Å². The van der Waals surface area contributed by atoms with Crippen LogP contribution in [-0.4, -0.2) is 36.4 Å². The van der Waals surface area contributed by atoms with E-state index in [-0.39, 0.29) is 18.2 Å². The van der Waals surface area contributed by atoms with Crippen molar-refractivity contribution in [2.24, 2.45) is 0 Å². The fraction of sp³-hybridized carbons (Fsp3) is 0.467. The molecule has 1 aromatic carbocycles. The van der Waals surface area contributed by atoms with Crippen molar-refractivity contribution < 1.29 is 14.3 Å². The van der Waals surface area contributed by atoms with Crippen molar-refractivity contribution in [3.8, 4) is 5.75 Å². The van der Waals surface area contributed by atoms with E-state index in [1.54, 1.807) is 6.07 Å². The number of ether oxygens (including phenoxy) is 1. The molecule has 0 spiro atoms. The third-order valence-corrected chi connectivity index (χ3v) is 3.91. The highest BCUT2D eigenvalue weighted by molar-refractivity contribution is 6.31. The third kappa shape index (κ3) is 3.13. The number of nitrogens with one attached hydrogen (secondary N) is 1. The molecule has 21 heavy (non-hydrogen) atoms. The summed E-state index contributed by atoms with van der Waals surface area (Å²) in [5.41, 5.74) is 1.55. The summed E-state index contributed by atoms with van der Waals surface area (Å²) in [7, 11) is 1.54. The number of nitrogens with zero attached hydrogens (tertiary/aromatic N) is 1. The molecule has 1 atom stereocenters. The summed E-state index contributed by atoms with van der Waals surface area (Å²) in [5.74, 6) is 0.236. The number of halogens is 1. The van der Waals surface area contributed by atoms with Crippen LogP contribution >= 0.6 is 11.6 Å². The Kier molecular flexibility index (Phi) is 4.73. The van der Waals surface area contributed by atoms with E-state index in [2.05, 4.69) is 5.32 Å². The van der Waals surface area contributed by atoms with E-state index in [9.17, 15) is 9.59 Å². The summed E-state index contributed by atoms with van der Waals surface area (Å²) in [6.07, 6.45) is 0.928. The van der Waals surface area contributed by atoms with Gasteiger partial charge in [0.25, 0.3) is 5.91 Å². The van der Waals surface area contributed by atoms with Crippen molar-refractivity contribution in [1.29, 1.82) is 0 Å². The zero-order chi connectivity index (χ0) is 15.6. The van der Waals surface area contributed by atoms with Gasteiger partial charge in [-0.2, -0.15) is 0 Å². The predicted octanol–water partition coefficient (Wildman–Crippen LogP) is 2.61. The third-order valence-electron chi connectivity index (χ3n) is 3.50. The first kappa shape index (κ1) is 15.6. The number of hydrogen-bond donors (Lipinski definition) is 1. The van der Waals surface area contributed by atoms with Crippen LogP contribution in [0.15, 0.2) is 12.1 Å². The SMILES string of the molecule is CCCN1C(=O)CC(Nc2cc(C)c(Cl)cc2OC)C1=O. The number of likely N-dealkylation sites (tertiary alicyclic amines) is 1. The molecular formula is C15H19ClN2O3. The van der Waals surface area contributed by atoms with Gasteiger partial charge in [-0.1, -0.05) is 18.5 Å². The number of benzene rings is 1. The van der Waals surface area contributed by atoms with Gasteiger partial charge < -0.3 is 10.1 Å². The lowest BCUT2D eigenvalue weighted by Crippen LogP contribution is -2.35. The molecule has 0 aromatic heterocycles. The van der Waals surface area contributed by atoms with Gasteiger partial charge in [-0.15, -0.1) is 0 Å². The normalized spacial score (nSPS) is 18.3. The summed E-state index contributed by atoms with van der Waals surface area (Å²) in [6, 6.07) is 2.98. The number of hydrogen-bond acceptors (Lipinski definition) is 4. The van der Waals surface area contributed by atoms with E-state index < -0.39 is 6.04 Å². The molecule has 1 aliphatic rings. The highest BCUT2D eigenvalue weighted by Crippen LogP contribution is 2.32. The minimum atomic E-state index is -0.543. The van der Waals surface area contributed by atoms with Crippen molar-refractivity contribution >= 4 is 29.1 Å². The number of anilines is 1. The van der Waals surface area contributed by atoms with Gasteiger partial charge in [-0.25, -0.2) is 0 Å².